The van der Waals surface area contributed by atoms with Crippen LogP contribution in [0.2, 0.25) is 0 Å². The molecule has 0 atom stereocenters. The minimum atomic E-state index is 0.886. The minimum absolute atomic E-state index is 0.886. The van der Waals surface area contributed by atoms with E-state index in [1.54, 1.807) is 12.4 Å². The van der Waals surface area contributed by atoms with Crippen LogP contribution < -0.4 is 0 Å². The third-order valence-corrected chi connectivity index (χ3v) is 8.17. The lowest BCUT2D eigenvalue weighted by Crippen LogP contribution is -1.96. The van der Waals surface area contributed by atoms with E-state index in [-0.39, 0.29) is 0 Å². The molecule has 40 heavy (non-hydrogen) atoms. The van der Waals surface area contributed by atoms with Gasteiger partial charge in [0, 0.05) is 50.7 Å². The molecule has 0 saturated carbocycles. The number of aromatic nitrogens is 4. The van der Waals surface area contributed by atoms with Gasteiger partial charge in [0.15, 0.2) is 0 Å². The number of hydrogen-bond donors (Lipinski definition) is 0. The Labute approximate surface area is 229 Å². The molecule has 0 saturated heterocycles. The van der Waals surface area contributed by atoms with Gasteiger partial charge in [-0.3, -0.25) is 9.97 Å². The van der Waals surface area contributed by atoms with Gasteiger partial charge in [0.05, 0.1) is 33.1 Å². The third kappa shape index (κ3) is 2.90. The van der Waals surface area contributed by atoms with Crippen LogP contribution in [0.5, 0.6) is 0 Å². The van der Waals surface area contributed by atoms with Crippen molar-refractivity contribution in [1.29, 1.82) is 0 Å². The fourth-order valence-electron chi connectivity index (χ4n) is 6.45. The Kier molecular flexibility index (Phi) is 4.30. The van der Waals surface area contributed by atoms with E-state index in [0.29, 0.717) is 0 Å². The fourth-order valence-corrected chi connectivity index (χ4v) is 6.45. The smallest absolute Gasteiger partial charge is 0.0907 e. The van der Waals surface area contributed by atoms with Crippen molar-refractivity contribution in [1.82, 2.24) is 19.1 Å². The van der Waals surface area contributed by atoms with Crippen molar-refractivity contribution in [3.8, 4) is 11.4 Å². The van der Waals surface area contributed by atoms with Crippen LogP contribution in [0, 0.1) is 0 Å². The Morgan fingerprint density at radius 1 is 0.400 bits per heavy atom. The number of fused-ring (bicyclic) bond motifs is 9. The van der Waals surface area contributed by atoms with Crippen LogP contribution in [-0.2, 0) is 0 Å². The molecule has 0 amide bonds. The summed E-state index contributed by atoms with van der Waals surface area (Å²) >= 11 is 0. The first-order valence-corrected chi connectivity index (χ1v) is 13.5. The second-order valence-electron chi connectivity index (χ2n) is 10.3. The number of hydrogen-bond acceptors (Lipinski definition) is 2. The SMILES string of the molecule is c1ccc(-n2c3cc4c(cc3c3ccc5ccccc5c32)c2ccccc2n4-c2ccc3nccnc3c2)cc1. The molecule has 0 aliphatic carbocycles. The van der Waals surface area contributed by atoms with Gasteiger partial charge in [0.2, 0.25) is 0 Å². The van der Waals surface area contributed by atoms with E-state index in [1.165, 1.54) is 54.4 Å². The summed E-state index contributed by atoms with van der Waals surface area (Å²) in [6.07, 6.45) is 3.50. The summed E-state index contributed by atoms with van der Waals surface area (Å²) < 4.78 is 4.80. The molecule has 0 spiro atoms. The molecule has 0 bridgehead atoms. The fraction of sp³-hybridized carbons (Fsp3) is 0. The molecule has 6 aromatic carbocycles. The second-order valence-corrected chi connectivity index (χ2v) is 10.3. The van der Waals surface area contributed by atoms with Crippen LogP contribution >= 0.6 is 0 Å². The molecule has 3 heterocycles. The van der Waals surface area contributed by atoms with Gasteiger partial charge < -0.3 is 9.13 Å². The van der Waals surface area contributed by atoms with Crippen molar-refractivity contribution in [3.63, 3.8) is 0 Å². The lowest BCUT2D eigenvalue weighted by Gasteiger charge is -2.11. The first-order valence-electron chi connectivity index (χ1n) is 13.5. The minimum Gasteiger partial charge on any atom is -0.309 e. The molecule has 0 aliphatic heterocycles. The quantitative estimate of drug-likeness (QED) is 0.233. The van der Waals surface area contributed by atoms with Crippen LogP contribution in [0.25, 0.3) is 76.8 Å². The van der Waals surface area contributed by atoms with Gasteiger partial charge in [-0.05, 0) is 53.9 Å². The lowest BCUT2D eigenvalue weighted by molar-refractivity contribution is 1.16. The average molecular weight is 511 g/mol. The highest BCUT2D eigenvalue weighted by Gasteiger charge is 2.19. The van der Waals surface area contributed by atoms with Gasteiger partial charge in [-0.1, -0.05) is 72.8 Å². The molecule has 9 aromatic rings. The van der Waals surface area contributed by atoms with Crippen LogP contribution in [0.1, 0.15) is 0 Å². The van der Waals surface area contributed by atoms with Crippen molar-refractivity contribution in [3.05, 3.63) is 134 Å². The molecule has 9 rings (SSSR count). The zero-order valence-electron chi connectivity index (χ0n) is 21.5. The van der Waals surface area contributed by atoms with Crippen LogP contribution in [-0.4, -0.2) is 19.1 Å². The monoisotopic (exact) mass is 510 g/mol. The first-order chi connectivity index (χ1) is 19.8. The Morgan fingerprint density at radius 3 is 2.02 bits per heavy atom. The van der Waals surface area contributed by atoms with Crippen molar-refractivity contribution in [2.24, 2.45) is 0 Å². The van der Waals surface area contributed by atoms with Gasteiger partial charge in [-0.25, -0.2) is 0 Å². The van der Waals surface area contributed by atoms with E-state index in [0.717, 1.165) is 22.4 Å². The standard InChI is InChI=1S/C36H22N4/c1-2-9-24(10-3-1)40-35-22-34-29(21-30(35)28-16-14-23-8-4-5-11-26(23)36(28)40)27-12-6-7-13-33(27)39(34)25-15-17-31-32(20-25)38-19-18-37-31/h1-22H. The van der Waals surface area contributed by atoms with E-state index < -0.39 is 0 Å². The predicted molar refractivity (Wildman–Crippen MR) is 166 cm³/mol. The highest BCUT2D eigenvalue weighted by atomic mass is 15.0. The number of nitrogens with zero attached hydrogens (tertiary/aromatic N) is 4. The molecule has 0 radical (unpaired) electrons. The number of benzene rings is 6. The summed E-state index contributed by atoms with van der Waals surface area (Å²) in [6.45, 7) is 0. The second kappa shape index (κ2) is 8.01. The highest BCUT2D eigenvalue weighted by Crippen LogP contribution is 2.41. The van der Waals surface area contributed by atoms with E-state index in [4.69, 9.17) is 0 Å². The summed E-state index contributed by atoms with van der Waals surface area (Å²) in [6, 6.07) is 43.7. The largest absolute Gasteiger partial charge is 0.309 e. The Hall–Kier alpha value is -5.48. The number of para-hydroxylation sites is 2. The molecular formula is C36H22N4. The van der Waals surface area contributed by atoms with E-state index in [1.807, 2.05) is 0 Å². The number of rotatable bonds is 2. The molecule has 0 unspecified atom stereocenters. The normalized spacial score (nSPS) is 12.0. The van der Waals surface area contributed by atoms with Crippen molar-refractivity contribution < 1.29 is 0 Å². The molecule has 0 fully saturated rings. The van der Waals surface area contributed by atoms with E-state index in [2.05, 4.69) is 140 Å². The Balaban J connectivity index is 1.49. The summed E-state index contributed by atoms with van der Waals surface area (Å²) in [5.74, 6) is 0. The zero-order chi connectivity index (χ0) is 26.2. The summed E-state index contributed by atoms with van der Waals surface area (Å²) in [5, 5.41) is 7.49. The van der Waals surface area contributed by atoms with Crippen LogP contribution in [0.4, 0.5) is 0 Å². The molecule has 4 nitrogen and oxygen atoms in total. The van der Waals surface area contributed by atoms with Crippen LogP contribution in [0.3, 0.4) is 0 Å². The maximum Gasteiger partial charge on any atom is 0.0907 e. The Morgan fingerprint density at radius 2 is 1.12 bits per heavy atom. The van der Waals surface area contributed by atoms with Gasteiger partial charge >= 0.3 is 0 Å². The molecule has 4 heteroatoms. The first kappa shape index (κ1) is 21.5. The molecule has 186 valence electrons. The molecule has 3 aromatic heterocycles. The van der Waals surface area contributed by atoms with Crippen molar-refractivity contribution in [2.45, 2.75) is 0 Å². The average Bonchev–Trinajstić information content (AvgIpc) is 3.52. The van der Waals surface area contributed by atoms with Crippen molar-refractivity contribution >= 4 is 65.4 Å². The van der Waals surface area contributed by atoms with Gasteiger partial charge in [-0.2, -0.15) is 0 Å². The van der Waals surface area contributed by atoms with Gasteiger partial charge in [-0.15, -0.1) is 0 Å². The van der Waals surface area contributed by atoms with E-state index in [9.17, 15) is 0 Å². The molecular weight excluding hydrogens is 488 g/mol. The topological polar surface area (TPSA) is 35.6 Å². The molecule has 0 N–H and O–H groups in total. The maximum absolute atomic E-state index is 4.59. The maximum atomic E-state index is 4.59. The summed E-state index contributed by atoms with van der Waals surface area (Å²) in [5.41, 5.74) is 8.78. The lowest BCUT2D eigenvalue weighted by atomic mass is 10.0. The highest BCUT2D eigenvalue weighted by molar-refractivity contribution is 6.23. The third-order valence-electron chi connectivity index (χ3n) is 8.17. The van der Waals surface area contributed by atoms with Crippen molar-refractivity contribution in [2.75, 3.05) is 0 Å². The predicted octanol–water partition coefficient (Wildman–Crippen LogP) is 8.98. The van der Waals surface area contributed by atoms with Gasteiger partial charge in [0.25, 0.3) is 0 Å². The summed E-state index contributed by atoms with van der Waals surface area (Å²) in [4.78, 5) is 9.08. The summed E-state index contributed by atoms with van der Waals surface area (Å²) in [7, 11) is 0. The zero-order valence-corrected chi connectivity index (χ0v) is 21.5. The van der Waals surface area contributed by atoms with Gasteiger partial charge in [0.1, 0.15) is 0 Å². The molecule has 0 aliphatic rings. The van der Waals surface area contributed by atoms with E-state index >= 15 is 0 Å². The van der Waals surface area contributed by atoms with Crippen LogP contribution in [0.15, 0.2) is 134 Å². The Bertz CT molecular complexity index is 2430.